The Morgan fingerprint density at radius 1 is 0.391 bits per heavy atom. The number of rotatable bonds is 20. The molecule has 0 aromatic rings. The molecule has 87 heavy (non-hydrogen) atoms. The van der Waals surface area contributed by atoms with Crippen LogP contribution >= 0.6 is 0 Å². The second-order valence-corrected chi connectivity index (χ2v) is 28.0. The molecule has 1 aliphatic heterocycles. The highest BCUT2D eigenvalue weighted by atomic mass is 16.6. The normalized spacial score (nSPS) is 28.4. The van der Waals surface area contributed by atoms with Crippen LogP contribution in [0.1, 0.15) is 177 Å². The van der Waals surface area contributed by atoms with Gasteiger partial charge in [-0.15, -0.1) is 0 Å². The zero-order chi connectivity index (χ0) is 65.3. The number of ether oxygens (including phenoxy) is 1. The minimum absolute atomic E-state index is 0.00262. The fourth-order valence-electron chi connectivity index (χ4n) is 12.7. The highest BCUT2D eigenvalue weighted by Crippen LogP contribution is 2.66. The molecule has 0 spiro atoms. The van der Waals surface area contributed by atoms with Gasteiger partial charge >= 0.3 is 0 Å². The van der Waals surface area contributed by atoms with Gasteiger partial charge < -0.3 is 25.2 Å². The third-order valence-electron chi connectivity index (χ3n) is 17.7. The summed E-state index contributed by atoms with van der Waals surface area (Å²) in [5.74, 6) is -0.350. The molecule has 470 valence electrons. The van der Waals surface area contributed by atoms with E-state index < -0.39 is 12.2 Å². The van der Waals surface area contributed by atoms with Gasteiger partial charge in [0.05, 0.1) is 12.2 Å². The molecule has 4 aliphatic carbocycles. The summed E-state index contributed by atoms with van der Waals surface area (Å²) in [7, 11) is 0. The van der Waals surface area contributed by atoms with Crippen LogP contribution in [0.4, 0.5) is 0 Å². The minimum atomic E-state index is -0.907. The average molecular weight is 1180 g/mol. The summed E-state index contributed by atoms with van der Waals surface area (Å²) in [6.07, 6.45) is 59.8. The van der Waals surface area contributed by atoms with Gasteiger partial charge in [-0.25, -0.2) is 0 Å². The number of fused-ring (bicyclic) bond motifs is 1. The van der Waals surface area contributed by atoms with Crippen molar-refractivity contribution >= 4 is 11.6 Å². The van der Waals surface area contributed by atoms with Crippen molar-refractivity contribution < 1.29 is 34.8 Å². The first-order valence-electron chi connectivity index (χ1n) is 31.3. The summed E-state index contributed by atoms with van der Waals surface area (Å²) in [6.45, 7) is 41.5. The van der Waals surface area contributed by atoms with Crippen molar-refractivity contribution in [3.8, 4) is 0 Å². The molecule has 1 saturated carbocycles. The maximum atomic E-state index is 12.2. The predicted octanol–water partition coefficient (Wildman–Crippen LogP) is 18.7. The van der Waals surface area contributed by atoms with Gasteiger partial charge in [-0.05, 0) is 165 Å². The van der Waals surface area contributed by atoms with Gasteiger partial charge in [-0.3, -0.25) is 9.59 Å². The molecule has 1 heterocycles. The highest BCUT2D eigenvalue weighted by molar-refractivity contribution is 6.01. The predicted molar refractivity (Wildman–Crippen MR) is 369 cm³/mol. The molecule has 2 unspecified atom stereocenters. The van der Waals surface area contributed by atoms with E-state index in [0.29, 0.717) is 30.4 Å². The number of carbonyl (C=O) groups excluding carboxylic acids is 2. The van der Waals surface area contributed by atoms with Gasteiger partial charge in [-0.2, -0.15) is 0 Å². The van der Waals surface area contributed by atoms with Crippen LogP contribution in [0, 0.1) is 21.7 Å². The van der Waals surface area contributed by atoms with Crippen LogP contribution in [-0.4, -0.2) is 67.6 Å². The molecule has 0 bridgehead atoms. The van der Waals surface area contributed by atoms with Gasteiger partial charge in [-0.1, -0.05) is 270 Å². The highest BCUT2D eigenvalue weighted by Gasteiger charge is 2.74. The molecular formula is C80H108O7. The fraction of sp³-hybridized carbons (Fsp3) is 0.450. The Labute approximate surface area is 526 Å². The molecule has 0 aromatic heterocycles. The Balaban J connectivity index is 0.000000372. The van der Waals surface area contributed by atoms with Crippen LogP contribution in [0.3, 0.4) is 0 Å². The Morgan fingerprint density at radius 2 is 0.701 bits per heavy atom. The van der Waals surface area contributed by atoms with Crippen molar-refractivity contribution in [2.75, 3.05) is 0 Å². The molecule has 1 saturated heterocycles. The van der Waals surface area contributed by atoms with Crippen LogP contribution in [0.2, 0.25) is 0 Å². The SMILES string of the molecule is CC1=C(/C=C/C(C)=C/C=C/C(C)=C/C=C/C=C(C)/C=C/C=C(C)/C=C/C2=C(C)C(=O)C(O)CC2(C)C)C(C)(C)CC(O)C1=O.CC1=C(/C=C/C(C)=C/C=C/C(C)=C/C=C/C=C(C)/C=C/C=C(C)/C=C/[C@@]23O[C@]2(C)C[C@@H](O)CC3(C)C)C(C)(C)C[C@H](O)C1. The van der Waals surface area contributed by atoms with E-state index in [1.165, 1.54) is 33.4 Å². The third-order valence-corrected chi connectivity index (χ3v) is 17.7. The van der Waals surface area contributed by atoms with E-state index in [2.05, 4.69) is 220 Å². The van der Waals surface area contributed by atoms with Gasteiger partial charge in [0.15, 0.2) is 11.6 Å². The largest absolute Gasteiger partial charge is 0.393 e. The molecule has 2 fully saturated rings. The lowest BCUT2D eigenvalue weighted by Gasteiger charge is -2.39. The Morgan fingerprint density at radius 3 is 1.05 bits per heavy atom. The van der Waals surface area contributed by atoms with Crippen LogP contribution in [0.15, 0.2) is 248 Å². The maximum Gasteiger partial charge on any atom is 0.187 e. The zero-order valence-electron chi connectivity index (χ0n) is 56.7. The standard InChI is InChI=1S/C40H52O4.C40H56O3/c1-27(17-13-19-29(3)21-23-33-31(5)37(43)35(41)25-39(33,7)8)15-11-12-16-28(2)18-14-20-30(4)22-24-34-32(6)38(44)36(42)26-40(34,9)10;1-29(17-13-19-31(3)21-22-36-33(5)25-34(41)26-37(36,6)7)15-11-12-16-30(2)18-14-20-32(4)23-24-40-38(8,9)27-35(42)28-39(40,10)43-40/h11-24,35-36,41-42H,25-26H2,1-10H3;11-24,34-35,41-42H,25-28H2,1-10H3/b12-11+,17-13+,18-14+,23-21+,24-22+,27-15+,28-16+,29-19+,30-20+;12-11+,17-13+,18-14+,22-21+,24-23+,29-15+,30-16+,31-19+,32-20+/t;34-,35+,39-,40+/m.1/s1. The van der Waals surface area contributed by atoms with E-state index >= 15 is 0 Å². The second kappa shape index (κ2) is 31.7. The molecule has 7 nitrogen and oxygen atoms in total. The first-order chi connectivity index (χ1) is 40.5. The Bertz CT molecular complexity index is 3100. The minimum Gasteiger partial charge on any atom is -0.393 e. The summed E-state index contributed by atoms with van der Waals surface area (Å²) >= 11 is 0. The van der Waals surface area contributed by atoms with E-state index in [0.717, 1.165) is 52.7 Å². The molecule has 6 atom stereocenters. The first-order valence-corrected chi connectivity index (χ1v) is 31.3. The van der Waals surface area contributed by atoms with Crippen LogP contribution < -0.4 is 0 Å². The summed E-state index contributed by atoms with van der Waals surface area (Å²) < 4.78 is 6.25. The number of ketones is 2. The van der Waals surface area contributed by atoms with Crippen LogP contribution in [-0.2, 0) is 14.3 Å². The molecule has 7 heteroatoms. The molecule has 4 N–H and O–H groups in total. The van der Waals surface area contributed by atoms with Crippen molar-refractivity contribution in [1.82, 2.24) is 0 Å². The van der Waals surface area contributed by atoms with Crippen LogP contribution in [0.25, 0.3) is 0 Å². The molecule has 0 radical (unpaired) electrons. The van der Waals surface area contributed by atoms with E-state index in [1.807, 2.05) is 74.6 Å². The Kier molecular flexibility index (Phi) is 26.7. The molecule has 5 rings (SSSR count). The summed E-state index contributed by atoms with van der Waals surface area (Å²) in [6, 6.07) is 0. The summed E-state index contributed by atoms with van der Waals surface area (Å²) in [4.78, 5) is 24.5. The number of Topliss-reactive ketones (excluding diaryl/α,β-unsaturated/α-hetero) is 2. The monoisotopic (exact) mass is 1180 g/mol. The van der Waals surface area contributed by atoms with Crippen molar-refractivity contribution in [2.24, 2.45) is 21.7 Å². The Hall–Kier alpha value is -6.32. The summed E-state index contributed by atoms with van der Waals surface area (Å²) in [5.41, 5.74) is 13.9. The van der Waals surface area contributed by atoms with Crippen molar-refractivity contribution in [1.29, 1.82) is 0 Å². The number of epoxide rings is 1. The van der Waals surface area contributed by atoms with Gasteiger partial charge in [0.25, 0.3) is 0 Å². The lowest BCUT2D eigenvalue weighted by molar-refractivity contribution is -0.126. The number of allylic oxidation sites excluding steroid dienone is 38. The van der Waals surface area contributed by atoms with Gasteiger partial charge in [0.2, 0.25) is 0 Å². The number of carbonyl (C=O) groups is 2. The third kappa shape index (κ3) is 21.5. The van der Waals surface area contributed by atoms with Gasteiger partial charge in [0.1, 0.15) is 23.4 Å². The molecule has 0 aromatic carbocycles. The lowest BCUT2D eigenvalue weighted by Crippen LogP contribution is -2.46. The topological polar surface area (TPSA) is 128 Å². The van der Waals surface area contributed by atoms with E-state index in [1.54, 1.807) is 13.8 Å². The lowest BCUT2D eigenvalue weighted by atomic mass is 9.63. The fourth-order valence-corrected chi connectivity index (χ4v) is 12.7. The van der Waals surface area contributed by atoms with Gasteiger partial charge in [0, 0.05) is 11.8 Å². The zero-order valence-corrected chi connectivity index (χ0v) is 56.7. The average Bonchev–Trinajstić information content (AvgIpc) is 1.51. The van der Waals surface area contributed by atoms with Crippen molar-refractivity contribution in [3.63, 3.8) is 0 Å². The number of aliphatic hydroxyl groups excluding tert-OH is 4. The van der Waals surface area contributed by atoms with E-state index in [4.69, 9.17) is 4.74 Å². The van der Waals surface area contributed by atoms with Crippen LogP contribution in [0.5, 0.6) is 0 Å². The molecular weight excluding hydrogens is 1070 g/mol. The van der Waals surface area contributed by atoms with Crippen molar-refractivity contribution in [3.05, 3.63) is 248 Å². The quantitative estimate of drug-likeness (QED) is 0.0706. The molecule has 5 aliphatic rings. The molecule has 0 amide bonds. The van der Waals surface area contributed by atoms with E-state index in [-0.39, 0.29) is 56.6 Å². The first kappa shape index (κ1) is 73.2. The number of hydrogen-bond acceptors (Lipinski definition) is 7. The summed E-state index contributed by atoms with van der Waals surface area (Å²) in [5, 5.41) is 40.4. The second-order valence-electron chi connectivity index (χ2n) is 28.0. The maximum absolute atomic E-state index is 12.2. The van der Waals surface area contributed by atoms with Crippen molar-refractivity contribution in [2.45, 2.75) is 213 Å². The van der Waals surface area contributed by atoms with E-state index in [9.17, 15) is 30.0 Å². The smallest absolute Gasteiger partial charge is 0.187 e. The number of hydrogen-bond donors (Lipinski definition) is 4. The number of aliphatic hydroxyl groups is 4.